The van der Waals surface area contributed by atoms with Crippen LogP contribution in [0.2, 0.25) is 0 Å². The van der Waals surface area contributed by atoms with Crippen LogP contribution in [0.5, 0.6) is 5.75 Å². The molecule has 1 unspecified atom stereocenters. The molecule has 6 nitrogen and oxygen atoms in total. The second kappa shape index (κ2) is 14.6. The van der Waals surface area contributed by atoms with Crippen molar-refractivity contribution in [2.24, 2.45) is 5.16 Å². The Labute approximate surface area is 290 Å². The lowest BCUT2D eigenvalue weighted by Gasteiger charge is -2.42. The fourth-order valence-electron chi connectivity index (χ4n) is 6.39. The Morgan fingerprint density at radius 1 is 0.653 bits per heavy atom. The molecule has 1 aliphatic heterocycles. The van der Waals surface area contributed by atoms with Crippen LogP contribution in [0.3, 0.4) is 0 Å². The number of carbonyl (C=O) groups is 2. The summed E-state index contributed by atoms with van der Waals surface area (Å²) in [7, 11) is 0. The average Bonchev–Trinajstić information content (AvgIpc) is 3.43. The minimum absolute atomic E-state index is 0.215. The number of carbonyl (C=O) groups excluding carboxylic acids is 2. The van der Waals surface area contributed by atoms with Gasteiger partial charge in [-0.2, -0.15) is 0 Å². The molecule has 7 heteroatoms. The third-order valence-electron chi connectivity index (χ3n) is 8.67. The van der Waals surface area contributed by atoms with Crippen LogP contribution in [0, 0.1) is 0 Å². The molecule has 242 valence electrons. The lowest BCUT2D eigenvalue weighted by Crippen LogP contribution is -2.51. The standard InChI is InChI=1S/C42H34N2O4S/c45-40-39(29-31-21-24-38(25-22-31)47-26-27-48-43-30-32-20-23-33-12-10-11-13-34(33)28-32)49-41(46)44(40)42(35-14-4-1-5-15-35,36-16-6-2-7-17-36)37-18-8-3-9-19-37/h1-25,28,30,39H,26-27,29H2/b43-30+. The minimum atomic E-state index is -1.13. The van der Waals surface area contributed by atoms with Crippen LogP contribution in [0.25, 0.3) is 10.8 Å². The Bertz CT molecular complexity index is 1970. The predicted molar refractivity (Wildman–Crippen MR) is 196 cm³/mol. The molecule has 0 aliphatic carbocycles. The fraction of sp³-hybridized carbons (Fsp3) is 0.119. The van der Waals surface area contributed by atoms with Gasteiger partial charge >= 0.3 is 0 Å². The lowest BCUT2D eigenvalue weighted by molar-refractivity contribution is -0.129. The molecule has 2 amide bonds. The molecule has 7 rings (SSSR count). The van der Waals surface area contributed by atoms with Gasteiger partial charge in [0.1, 0.15) is 17.9 Å². The zero-order valence-electron chi connectivity index (χ0n) is 26.7. The number of nitrogens with zero attached hydrogens (tertiary/aromatic N) is 2. The summed E-state index contributed by atoms with van der Waals surface area (Å²) in [4.78, 5) is 35.2. The van der Waals surface area contributed by atoms with Crippen LogP contribution >= 0.6 is 11.8 Å². The molecule has 6 aromatic rings. The van der Waals surface area contributed by atoms with Gasteiger partial charge in [-0.1, -0.05) is 156 Å². The van der Waals surface area contributed by atoms with Crippen molar-refractivity contribution in [2.45, 2.75) is 17.2 Å². The number of amides is 2. The molecule has 0 radical (unpaired) electrons. The zero-order chi connectivity index (χ0) is 33.5. The number of fused-ring (bicyclic) bond motifs is 1. The van der Waals surface area contributed by atoms with Gasteiger partial charge in [0.25, 0.3) is 5.24 Å². The van der Waals surface area contributed by atoms with E-state index in [1.54, 1.807) is 6.21 Å². The second-order valence-corrected chi connectivity index (χ2v) is 12.9. The van der Waals surface area contributed by atoms with Crippen LogP contribution in [0.15, 0.2) is 163 Å². The minimum Gasteiger partial charge on any atom is -0.490 e. The van der Waals surface area contributed by atoms with Gasteiger partial charge < -0.3 is 9.57 Å². The summed E-state index contributed by atoms with van der Waals surface area (Å²) in [5, 5.41) is 5.57. The summed E-state index contributed by atoms with van der Waals surface area (Å²) in [6.07, 6.45) is 2.10. The normalized spacial score (nSPS) is 14.9. The molecule has 6 aromatic carbocycles. The molecule has 0 bridgehead atoms. The van der Waals surface area contributed by atoms with Gasteiger partial charge in [-0.05, 0) is 63.2 Å². The van der Waals surface area contributed by atoms with Crippen molar-refractivity contribution in [3.8, 4) is 5.75 Å². The van der Waals surface area contributed by atoms with Crippen LogP contribution < -0.4 is 4.74 Å². The molecule has 1 atom stereocenters. The fourth-order valence-corrected chi connectivity index (χ4v) is 7.44. The van der Waals surface area contributed by atoms with E-state index in [1.165, 1.54) is 10.3 Å². The van der Waals surface area contributed by atoms with Crippen molar-refractivity contribution < 1.29 is 19.2 Å². The first-order valence-corrected chi connectivity index (χ1v) is 17.1. The first-order chi connectivity index (χ1) is 24.1. The average molecular weight is 663 g/mol. The Morgan fingerprint density at radius 2 is 1.22 bits per heavy atom. The third-order valence-corrected chi connectivity index (χ3v) is 9.71. The highest BCUT2D eigenvalue weighted by Crippen LogP contribution is 2.47. The second-order valence-electron chi connectivity index (χ2n) is 11.7. The number of hydrogen-bond acceptors (Lipinski definition) is 6. The van der Waals surface area contributed by atoms with E-state index in [0.29, 0.717) is 25.4 Å². The Balaban J connectivity index is 1.02. The maximum atomic E-state index is 14.4. The zero-order valence-corrected chi connectivity index (χ0v) is 27.5. The number of hydrogen-bond donors (Lipinski definition) is 0. The van der Waals surface area contributed by atoms with E-state index in [1.807, 2.05) is 133 Å². The smallest absolute Gasteiger partial charge is 0.290 e. The van der Waals surface area contributed by atoms with E-state index in [-0.39, 0.29) is 11.1 Å². The highest BCUT2D eigenvalue weighted by atomic mass is 32.2. The van der Waals surface area contributed by atoms with E-state index >= 15 is 0 Å². The van der Waals surface area contributed by atoms with Crippen LogP contribution in [0.1, 0.15) is 27.8 Å². The topological polar surface area (TPSA) is 68.2 Å². The summed E-state index contributed by atoms with van der Waals surface area (Å²) in [6, 6.07) is 51.4. The number of benzene rings is 6. The number of imide groups is 1. The lowest BCUT2D eigenvalue weighted by atomic mass is 9.75. The first-order valence-electron chi connectivity index (χ1n) is 16.2. The summed E-state index contributed by atoms with van der Waals surface area (Å²) in [6.45, 7) is 0.623. The molecule has 1 fully saturated rings. The molecule has 0 saturated carbocycles. The van der Waals surface area contributed by atoms with E-state index in [0.717, 1.165) is 45.0 Å². The summed E-state index contributed by atoms with van der Waals surface area (Å²) < 4.78 is 5.85. The maximum Gasteiger partial charge on any atom is 0.290 e. The van der Waals surface area contributed by atoms with Gasteiger partial charge in [-0.3, -0.25) is 14.5 Å². The van der Waals surface area contributed by atoms with Gasteiger partial charge in [0.2, 0.25) is 5.91 Å². The highest BCUT2D eigenvalue weighted by Gasteiger charge is 2.53. The van der Waals surface area contributed by atoms with Crippen molar-refractivity contribution in [1.82, 2.24) is 4.90 Å². The first kappa shape index (κ1) is 31.9. The number of rotatable bonds is 12. The summed E-state index contributed by atoms with van der Waals surface area (Å²) >= 11 is 1.09. The molecule has 0 spiro atoms. The molecule has 1 heterocycles. The monoisotopic (exact) mass is 662 g/mol. The van der Waals surface area contributed by atoms with Crippen molar-refractivity contribution in [1.29, 1.82) is 0 Å². The largest absolute Gasteiger partial charge is 0.490 e. The summed E-state index contributed by atoms with van der Waals surface area (Å²) in [5.74, 6) is 0.471. The number of ether oxygens (including phenoxy) is 1. The van der Waals surface area contributed by atoms with Gasteiger partial charge in [0.05, 0.1) is 11.5 Å². The van der Waals surface area contributed by atoms with Crippen molar-refractivity contribution in [3.05, 3.63) is 186 Å². The van der Waals surface area contributed by atoms with Crippen molar-refractivity contribution >= 4 is 39.9 Å². The molecule has 1 aliphatic rings. The Morgan fingerprint density at radius 3 is 1.84 bits per heavy atom. The Hall–Kier alpha value is -5.66. The van der Waals surface area contributed by atoms with Gasteiger partial charge in [0, 0.05) is 0 Å². The van der Waals surface area contributed by atoms with Crippen LogP contribution in [0.4, 0.5) is 4.79 Å². The third kappa shape index (κ3) is 6.71. The quantitative estimate of drug-likeness (QED) is 0.0567. The van der Waals surface area contributed by atoms with Gasteiger partial charge in [-0.15, -0.1) is 0 Å². The van der Waals surface area contributed by atoms with Crippen LogP contribution in [-0.4, -0.2) is 40.7 Å². The highest BCUT2D eigenvalue weighted by molar-refractivity contribution is 8.15. The Kier molecular flexibility index (Phi) is 9.53. The van der Waals surface area contributed by atoms with Gasteiger partial charge in [-0.25, -0.2) is 0 Å². The molecule has 0 N–H and O–H groups in total. The molecule has 1 saturated heterocycles. The molecular weight excluding hydrogens is 629 g/mol. The van der Waals surface area contributed by atoms with Crippen molar-refractivity contribution in [3.63, 3.8) is 0 Å². The number of thioether (sulfide) groups is 1. The molecular formula is C42H34N2O4S. The van der Waals surface area contributed by atoms with Gasteiger partial charge in [0.15, 0.2) is 6.61 Å². The predicted octanol–water partition coefficient (Wildman–Crippen LogP) is 8.87. The SMILES string of the molecule is O=C1SC(Cc2ccc(OCCO/N=C/c3ccc4ccccc4c3)cc2)C(=O)N1C(c1ccccc1)(c1ccccc1)c1ccccc1. The maximum absolute atomic E-state index is 14.4. The molecule has 49 heavy (non-hydrogen) atoms. The van der Waals surface area contributed by atoms with E-state index < -0.39 is 10.8 Å². The molecule has 0 aromatic heterocycles. The van der Waals surface area contributed by atoms with E-state index in [2.05, 4.69) is 29.4 Å². The summed E-state index contributed by atoms with van der Waals surface area (Å²) in [5.41, 5.74) is 3.32. The number of oxime groups is 1. The van der Waals surface area contributed by atoms with E-state index in [4.69, 9.17) is 9.57 Å². The van der Waals surface area contributed by atoms with E-state index in [9.17, 15) is 9.59 Å². The van der Waals surface area contributed by atoms with Crippen LogP contribution in [-0.2, 0) is 21.6 Å². The van der Waals surface area contributed by atoms with Crippen molar-refractivity contribution in [2.75, 3.05) is 13.2 Å².